The molecule has 0 atom stereocenters. The number of nitrogens with zero attached hydrogens (tertiary/aromatic N) is 2. The normalized spacial score (nSPS) is 10.1. The topological polar surface area (TPSA) is 76.0 Å². The van der Waals surface area contributed by atoms with Crippen LogP contribution in [0.5, 0.6) is 0 Å². The van der Waals surface area contributed by atoms with Crippen molar-refractivity contribution in [1.82, 2.24) is 20.4 Å². The molecule has 110 valence electrons. The lowest BCUT2D eigenvalue weighted by molar-refractivity contribution is -0.120. The molecule has 2 rings (SSSR count). The summed E-state index contributed by atoms with van der Waals surface area (Å²) in [6, 6.07) is 9.50. The van der Waals surface area contributed by atoms with Crippen molar-refractivity contribution >= 4 is 11.8 Å². The third-order valence-corrected chi connectivity index (χ3v) is 2.85. The van der Waals surface area contributed by atoms with Crippen molar-refractivity contribution in [3.63, 3.8) is 0 Å². The van der Waals surface area contributed by atoms with Gasteiger partial charge < -0.3 is 10.6 Å². The Hall–Kier alpha value is -2.63. The highest BCUT2D eigenvalue weighted by Crippen LogP contribution is 2.07. The number of amides is 2. The van der Waals surface area contributed by atoms with Crippen LogP contribution in [-0.4, -0.2) is 34.7 Å². The predicted molar refractivity (Wildman–Crippen MR) is 79.2 cm³/mol. The van der Waals surface area contributed by atoms with Crippen molar-refractivity contribution < 1.29 is 9.59 Å². The molecule has 2 amide bonds. The Morgan fingerprint density at radius 2 is 1.95 bits per heavy atom. The Morgan fingerprint density at radius 1 is 1.19 bits per heavy atom. The standard InChI is InChI=1S/C15H18N4O2/c1-2-8-16-14(20)10-17-15(21)12-9-18-19(11-12)13-6-4-3-5-7-13/h3-7,9,11H,2,8,10H2,1H3,(H,16,20)(H,17,21). The van der Waals surface area contributed by atoms with Crippen LogP contribution in [0.4, 0.5) is 0 Å². The molecule has 0 aliphatic rings. The van der Waals surface area contributed by atoms with Crippen molar-refractivity contribution in [2.45, 2.75) is 13.3 Å². The highest BCUT2D eigenvalue weighted by atomic mass is 16.2. The summed E-state index contributed by atoms with van der Waals surface area (Å²) in [7, 11) is 0. The lowest BCUT2D eigenvalue weighted by atomic mass is 10.3. The summed E-state index contributed by atoms with van der Waals surface area (Å²) in [5.41, 5.74) is 1.29. The molecule has 1 aromatic heterocycles. The van der Waals surface area contributed by atoms with Gasteiger partial charge in [0.25, 0.3) is 5.91 Å². The van der Waals surface area contributed by atoms with Gasteiger partial charge in [0.1, 0.15) is 0 Å². The smallest absolute Gasteiger partial charge is 0.254 e. The third-order valence-electron chi connectivity index (χ3n) is 2.85. The molecule has 0 radical (unpaired) electrons. The Kier molecular flexibility index (Phi) is 5.09. The largest absolute Gasteiger partial charge is 0.355 e. The first-order chi connectivity index (χ1) is 10.2. The fourth-order valence-corrected chi connectivity index (χ4v) is 1.75. The molecule has 1 aromatic carbocycles. The Morgan fingerprint density at radius 3 is 2.67 bits per heavy atom. The zero-order valence-corrected chi connectivity index (χ0v) is 11.9. The summed E-state index contributed by atoms with van der Waals surface area (Å²) < 4.78 is 1.62. The van der Waals surface area contributed by atoms with Crippen molar-refractivity contribution in [3.05, 3.63) is 48.3 Å². The molecule has 0 aliphatic carbocycles. The van der Waals surface area contributed by atoms with E-state index in [0.717, 1.165) is 12.1 Å². The van der Waals surface area contributed by atoms with Crippen LogP contribution in [0, 0.1) is 0 Å². The zero-order chi connectivity index (χ0) is 15.1. The van der Waals surface area contributed by atoms with Gasteiger partial charge >= 0.3 is 0 Å². The number of benzene rings is 1. The van der Waals surface area contributed by atoms with Gasteiger partial charge in [-0.2, -0.15) is 5.10 Å². The molecule has 1 heterocycles. The van der Waals surface area contributed by atoms with E-state index in [1.807, 2.05) is 37.3 Å². The molecule has 2 aromatic rings. The van der Waals surface area contributed by atoms with Gasteiger partial charge in [0.05, 0.1) is 24.0 Å². The lowest BCUT2D eigenvalue weighted by Crippen LogP contribution is -2.37. The molecular formula is C15H18N4O2. The molecule has 0 unspecified atom stereocenters. The summed E-state index contributed by atoms with van der Waals surface area (Å²) in [6.07, 6.45) is 3.98. The molecule has 0 fully saturated rings. The molecule has 6 heteroatoms. The number of hydrogen-bond donors (Lipinski definition) is 2. The van der Waals surface area contributed by atoms with Gasteiger partial charge in [-0.3, -0.25) is 9.59 Å². The molecule has 6 nitrogen and oxygen atoms in total. The molecule has 21 heavy (non-hydrogen) atoms. The van der Waals surface area contributed by atoms with Crippen LogP contribution in [0.15, 0.2) is 42.7 Å². The predicted octanol–water partition coefficient (Wildman–Crippen LogP) is 1.13. The van der Waals surface area contributed by atoms with E-state index in [1.165, 1.54) is 6.20 Å². The van der Waals surface area contributed by atoms with E-state index in [2.05, 4.69) is 15.7 Å². The molecular weight excluding hydrogens is 268 g/mol. The van der Waals surface area contributed by atoms with Crippen LogP contribution in [-0.2, 0) is 4.79 Å². The highest BCUT2D eigenvalue weighted by Gasteiger charge is 2.10. The molecule has 0 bridgehead atoms. The van der Waals surface area contributed by atoms with E-state index in [1.54, 1.807) is 10.9 Å². The summed E-state index contributed by atoms with van der Waals surface area (Å²) in [6.45, 7) is 2.55. The van der Waals surface area contributed by atoms with Gasteiger partial charge in [0.15, 0.2) is 0 Å². The minimum Gasteiger partial charge on any atom is -0.355 e. The van der Waals surface area contributed by atoms with E-state index in [4.69, 9.17) is 0 Å². The number of para-hydroxylation sites is 1. The lowest BCUT2D eigenvalue weighted by Gasteiger charge is -2.04. The monoisotopic (exact) mass is 286 g/mol. The van der Waals surface area contributed by atoms with Gasteiger partial charge in [-0.05, 0) is 18.6 Å². The second kappa shape index (κ2) is 7.23. The first-order valence-electron chi connectivity index (χ1n) is 6.85. The second-order valence-electron chi connectivity index (χ2n) is 4.54. The quantitative estimate of drug-likeness (QED) is 0.835. The molecule has 0 spiro atoms. The number of carbonyl (C=O) groups excluding carboxylic acids is 2. The number of rotatable bonds is 6. The number of aromatic nitrogens is 2. The third kappa shape index (κ3) is 4.17. The van der Waals surface area contributed by atoms with Gasteiger partial charge in [-0.15, -0.1) is 0 Å². The SMILES string of the molecule is CCCNC(=O)CNC(=O)c1cnn(-c2ccccc2)c1. The van der Waals surface area contributed by atoms with E-state index in [-0.39, 0.29) is 18.4 Å². The van der Waals surface area contributed by atoms with E-state index < -0.39 is 0 Å². The first kappa shape index (κ1) is 14.8. The highest BCUT2D eigenvalue weighted by molar-refractivity contribution is 5.96. The van der Waals surface area contributed by atoms with Crippen LogP contribution in [0.2, 0.25) is 0 Å². The van der Waals surface area contributed by atoms with E-state index >= 15 is 0 Å². The summed E-state index contributed by atoms with van der Waals surface area (Å²) in [5, 5.41) is 9.40. The molecule has 0 aliphatic heterocycles. The van der Waals surface area contributed by atoms with E-state index in [0.29, 0.717) is 12.1 Å². The van der Waals surface area contributed by atoms with Crippen molar-refractivity contribution in [1.29, 1.82) is 0 Å². The number of hydrogen-bond acceptors (Lipinski definition) is 3. The minimum absolute atomic E-state index is 0.0324. The van der Waals surface area contributed by atoms with Gasteiger partial charge in [-0.25, -0.2) is 4.68 Å². The van der Waals surface area contributed by atoms with Crippen LogP contribution in [0.25, 0.3) is 5.69 Å². The van der Waals surface area contributed by atoms with Crippen molar-refractivity contribution in [2.24, 2.45) is 0 Å². The fourth-order valence-electron chi connectivity index (χ4n) is 1.75. The van der Waals surface area contributed by atoms with Crippen LogP contribution in [0.3, 0.4) is 0 Å². The Balaban J connectivity index is 1.92. The summed E-state index contributed by atoms with van der Waals surface area (Å²) in [5.74, 6) is -0.510. The van der Waals surface area contributed by atoms with Crippen molar-refractivity contribution in [3.8, 4) is 5.69 Å². The molecule has 0 saturated carbocycles. The Labute approximate surface area is 123 Å². The Bertz CT molecular complexity index is 607. The van der Waals surface area contributed by atoms with E-state index in [9.17, 15) is 9.59 Å². The minimum atomic E-state index is -0.316. The number of carbonyl (C=O) groups is 2. The van der Waals surface area contributed by atoms with Crippen LogP contribution < -0.4 is 10.6 Å². The average Bonchev–Trinajstić information content (AvgIpc) is 3.01. The van der Waals surface area contributed by atoms with Gasteiger partial charge in [0.2, 0.25) is 5.91 Å². The summed E-state index contributed by atoms with van der Waals surface area (Å²) in [4.78, 5) is 23.3. The van der Waals surface area contributed by atoms with Crippen LogP contribution in [0.1, 0.15) is 23.7 Å². The van der Waals surface area contributed by atoms with Gasteiger partial charge in [0, 0.05) is 12.7 Å². The maximum absolute atomic E-state index is 11.9. The first-order valence-corrected chi connectivity index (χ1v) is 6.85. The van der Waals surface area contributed by atoms with Crippen LogP contribution >= 0.6 is 0 Å². The zero-order valence-electron chi connectivity index (χ0n) is 11.9. The average molecular weight is 286 g/mol. The second-order valence-corrected chi connectivity index (χ2v) is 4.54. The maximum atomic E-state index is 11.9. The van der Waals surface area contributed by atoms with Gasteiger partial charge in [-0.1, -0.05) is 25.1 Å². The fraction of sp³-hybridized carbons (Fsp3) is 0.267. The molecule has 2 N–H and O–H groups in total. The van der Waals surface area contributed by atoms with Crippen molar-refractivity contribution in [2.75, 3.05) is 13.1 Å². The summed E-state index contributed by atoms with van der Waals surface area (Å²) >= 11 is 0. The maximum Gasteiger partial charge on any atom is 0.254 e. The molecule has 0 saturated heterocycles. The number of nitrogens with one attached hydrogen (secondary N) is 2.